The zero-order valence-corrected chi connectivity index (χ0v) is 14.7. The highest BCUT2D eigenvalue weighted by Gasteiger charge is 2.16. The van der Waals surface area contributed by atoms with Gasteiger partial charge in [0.1, 0.15) is 22.5 Å². The highest BCUT2D eigenvalue weighted by molar-refractivity contribution is 8.00. The first-order valence-corrected chi connectivity index (χ1v) is 9.26. The molecule has 1 saturated carbocycles. The summed E-state index contributed by atoms with van der Waals surface area (Å²) in [6, 6.07) is 2.43. The van der Waals surface area contributed by atoms with Gasteiger partial charge in [0, 0.05) is 6.04 Å². The molecule has 1 amide bonds. The van der Waals surface area contributed by atoms with Crippen LogP contribution in [0.15, 0.2) is 5.03 Å². The van der Waals surface area contributed by atoms with Crippen molar-refractivity contribution in [1.82, 2.24) is 15.3 Å². The van der Waals surface area contributed by atoms with Gasteiger partial charge in [-0.1, -0.05) is 43.9 Å². The Hall–Kier alpha value is -1.61. The van der Waals surface area contributed by atoms with Crippen molar-refractivity contribution in [3.8, 4) is 6.07 Å². The molecular formula is C17H24N4OS. The minimum absolute atomic E-state index is 0.0263. The predicted octanol–water partition coefficient (Wildman–Crippen LogP) is 3.29. The van der Waals surface area contributed by atoms with Crippen molar-refractivity contribution in [2.45, 2.75) is 69.9 Å². The Labute approximate surface area is 142 Å². The van der Waals surface area contributed by atoms with Crippen molar-refractivity contribution in [2.75, 3.05) is 5.75 Å². The number of nitrogens with zero attached hydrogens (tertiary/aromatic N) is 3. The van der Waals surface area contributed by atoms with Gasteiger partial charge in [-0.05, 0) is 26.7 Å². The van der Waals surface area contributed by atoms with E-state index in [1.165, 1.54) is 43.9 Å². The number of hydrogen-bond donors (Lipinski definition) is 1. The van der Waals surface area contributed by atoms with E-state index in [-0.39, 0.29) is 5.91 Å². The molecule has 1 aromatic rings. The monoisotopic (exact) mass is 332 g/mol. The van der Waals surface area contributed by atoms with Crippen LogP contribution < -0.4 is 5.32 Å². The van der Waals surface area contributed by atoms with E-state index >= 15 is 0 Å². The Morgan fingerprint density at radius 1 is 1.22 bits per heavy atom. The Morgan fingerprint density at radius 2 is 1.87 bits per heavy atom. The van der Waals surface area contributed by atoms with Crippen LogP contribution >= 0.6 is 11.8 Å². The first kappa shape index (κ1) is 17.7. The fourth-order valence-corrected chi connectivity index (χ4v) is 3.80. The van der Waals surface area contributed by atoms with Crippen LogP contribution in [0.2, 0.25) is 0 Å². The summed E-state index contributed by atoms with van der Waals surface area (Å²) in [5, 5.41) is 13.0. The number of rotatable bonds is 4. The number of thioether (sulfide) groups is 1. The lowest BCUT2D eigenvalue weighted by atomic mass is 9.97. The van der Waals surface area contributed by atoms with Crippen molar-refractivity contribution < 1.29 is 4.79 Å². The Morgan fingerprint density at radius 3 is 2.52 bits per heavy atom. The summed E-state index contributed by atoms with van der Waals surface area (Å²) in [7, 11) is 0. The molecule has 0 aliphatic heterocycles. The third-order valence-electron chi connectivity index (χ3n) is 4.09. The maximum absolute atomic E-state index is 12.2. The van der Waals surface area contributed by atoms with E-state index in [4.69, 9.17) is 0 Å². The summed E-state index contributed by atoms with van der Waals surface area (Å²) in [5.74, 6) is 0.948. The van der Waals surface area contributed by atoms with Gasteiger partial charge in [-0.25, -0.2) is 9.97 Å². The number of aryl methyl sites for hydroxylation is 2. The van der Waals surface area contributed by atoms with Crippen LogP contribution in [0.3, 0.4) is 0 Å². The van der Waals surface area contributed by atoms with E-state index in [1.807, 2.05) is 0 Å². The molecule has 0 spiro atoms. The van der Waals surface area contributed by atoms with Gasteiger partial charge in [-0.2, -0.15) is 5.26 Å². The fraction of sp³-hybridized carbons (Fsp3) is 0.647. The molecular weight excluding hydrogens is 308 g/mol. The van der Waals surface area contributed by atoms with Crippen molar-refractivity contribution in [3.05, 3.63) is 17.1 Å². The maximum atomic E-state index is 12.2. The topological polar surface area (TPSA) is 78.7 Å². The van der Waals surface area contributed by atoms with Gasteiger partial charge in [0.05, 0.1) is 11.4 Å². The molecule has 1 N–H and O–H groups in total. The van der Waals surface area contributed by atoms with Crippen LogP contribution in [0.5, 0.6) is 0 Å². The quantitative estimate of drug-likeness (QED) is 0.676. The van der Waals surface area contributed by atoms with Gasteiger partial charge in [0.15, 0.2) is 0 Å². The van der Waals surface area contributed by atoms with Crippen molar-refractivity contribution in [3.63, 3.8) is 0 Å². The summed E-state index contributed by atoms with van der Waals surface area (Å²) in [6.07, 6.45) is 8.40. The second-order valence-electron chi connectivity index (χ2n) is 6.05. The van der Waals surface area contributed by atoms with Crippen molar-refractivity contribution >= 4 is 17.7 Å². The summed E-state index contributed by atoms with van der Waals surface area (Å²) in [6.45, 7) is 3.60. The molecule has 1 aromatic heterocycles. The van der Waals surface area contributed by atoms with Crippen LogP contribution in [0.4, 0.5) is 0 Å². The van der Waals surface area contributed by atoms with Gasteiger partial charge in [0.25, 0.3) is 0 Å². The zero-order valence-electron chi connectivity index (χ0n) is 13.9. The first-order valence-electron chi connectivity index (χ1n) is 8.27. The van der Waals surface area contributed by atoms with E-state index in [2.05, 4.69) is 21.4 Å². The molecule has 0 bridgehead atoms. The molecule has 1 aliphatic carbocycles. The Bertz CT molecular complexity index is 589. The SMILES string of the molecule is Cc1nc(C)c(C#N)c(SCC(=O)NC2CCCCCCC2)n1. The summed E-state index contributed by atoms with van der Waals surface area (Å²) >= 11 is 1.32. The number of nitrogens with one attached hydrogen (secondary N) is 1. The van der Waals surface area contributed by atoms with Crippen LogP contribution in [-0.2, 0) is 4.79 Å². The second-order valence-corrected chi connectivity index (χ2v) is 7.01. The largest absolute Gasteiger partial charge is 0.353 e. The number of aromatic nitrogens is 2. The smallest absolute Gasteiger partial charge is 0.230 e. The number of carbonyl (C=O) groups is 1. The highest BCUT2D eigenvalue weighted by Crippen LogP contribution is 2.22. The number of nitriles is 1. The molecule has 0 aromatic carbocycles. The average molecular weight is 332 g/mol. The zero-order chi connectivity index (χ0) is 16.7. The number of amides is 1. The summed E-state index contributed by atoms with van der Waals surface area (Å²) in [4.78, 5) is 20.7. The first-order chi connectivity index (χ1) is 11.1. The molecule has 1 aliphatic rings. The molecule has 23 heavy (non-hydrogen) atoms. The molecule has 0 saturated heterocycles. The summed E-state index contributed by atoms with van der Waals surface area (Å²) < 4.78 is 0. The Kier molecular flexibility index (Phi) is 6.85. The molecule has 0 unspecified atom stereocenters. The van der Waals surface area contributed by atoms with E-state index < -0.39 is 0 Å². The van der Waals surface area contributed by atoms with E-state index in [9.17, 15) is 10.1 Å². The van der Waals surface area contributed by atoms with Gasteiger partial charge in [-0.15, -0.1) is 0 Å². The van der Waals surface area contributed by atoms with Gasteiger partial charge in [-0.3, -0.25) is 4.79 Å². The lowest BCUT2D eigenvalue weighted by Gasteiger charge is -2.21. The number of carbonyl (C=O) groups excluding carboxylic acids is 1. The van der Waals surface area contributed by atoms with E-state index in [0.29, 0.717) is 33.9 Å². The van der Waals surface area contributed by atoms with Crippen molar-refractivity contribution in [2.24, 2.45) is 0 Å². The minimum Gasteiger partial charge on any atom is -0.353 e. The molecule has 5 nitrogen and oxygen atoms in total. The lowest BCUT2D eigenvalue weighted by Crippen LogP contribution is -2.36. The molecule has 124 valence electrons. The molecule has 1 fully saturated rings. The predicted molar refractivity (Wildman–Crippen MR) is 91.2 cm³/mol. The molecule has 2 rings (SSSR count). The van der Waals surface area contributed by atoms with E-state index in [1.54, 1.807) is 13.8 Å². The second kappa shape index (κ2) is 8.88. The van der Waals surface area contributed by atoms with Crippen molar-refractivity contribution in [1.29, 1.82) is 5.26 Å². The highest BCUT2D eigenvalue weighted by atomic mass is 32.2. The third kappa shape index (κ3) is 5.51. The normalized spacial score (nSPS) is 16.2. The minimum atomic E-state index is 0.0263. The van der Waals surface area contributed by atoms with Crippen LogP contribution in [-0.4, -0.2) is 27.7 Å². The van der Waals surface area contributed by atoms with Crippen LogP contribution in [0.1, 0.15) is 62.0 Å². The third-order valence-corrected chi connectivity index (χ3v) is 5.07. The average Bonchev–Trinajstić information content (AvgIpc) is 2.47. The van der Waals surface area contributed by atoms with Crippen LogP contribution in [0.25, 0.3) is 0 Å². The van der Waals surface area contributed by atoms with Gasteiger partial charge < -0.3 is 5.32 Å². The molecule has 1 heterocycles. The molecule has 6 heteroatoms. The molecule has 0 radical (unpaired) electrons. The number of hydrogen-bond acceptors (Lipinski definition) is 5. The van der Waals surface area contributed by atoms with Gasteiger partial charge in [0.2, 0.25) is 5.91 Å². The lowest BCUT2D eigenvalue weighted by molar-refractivity contribution is -0.119. The fourth-order valence-electron chi connectivity index (χ4n) is 2.92. The standard InChI is InChI=1S/C17H24N4OS/c1-12-15(10-18)17(20-13(2)19-12)23-11-16(22)21-14-8-6-4-3-5-7-9-14/h14H,3-9,11H2,1-2H3,(H,21,22). The van der Waals surface area contributed by atoms with Crippen LogP contribution in [0, 0.1) is 25.2 Å². The molecule has 0 atom stereocenters. The Balaban J connectivity index is 1.90. The summed E-state index contributed by atoms with van der Waals surface area (Å²) in [5.41, 5.74) is 1.14. The maximum Gasteiger partial charge on any atom is 0.230 e. The van der Waals surface area contributed by atoms with Gasteiger partial charge >= 0.3 is 0 Å². The van der Waals surface area contributed by atoms with E-state index in [0.717, 1.165) is 12.8 Å².